The predicted molar refractivity (Wildman–Crippen MR) is 125 cm³/mol. The number of hydrogen-bond acceptors (Lipinski definition) is 4. The molecule has 0 radical (unpaired) electrons. The van der Waals surface area contributed by atoms with Gasteiger partial charge in [-0.2, -0.15) is 0 Å². The van der Waals surface area contributed by atoms with E-state index >= 15 is 0 Å². The monoisotopic (exact) mass is 450 g/mol. The van der Waals surface area contributed by atoms with Crippen molar-refractivity contribution in [1.82, 2.24) is 5.32 Å². The zero-order valence-electron chi connectivity index (χ0n) is 17.6. The lowest BCUT2D eigenvalue weighted by Gasteiger charge is -2.12. The number of halogens is 1. The second-order valence-corrected chi connectivity index (χ2v) is 7.54. The molecule has 3 aromatic rings. The molecule has 7 heteroatoms. The molecule has 3 aromatic carbocycles. The predicted octanol–water partition coefficient (Wildman–Crippen LogP) is 4.53. The number of ether oxygens (including phenoxy) is 1. The molecule has 0 saturated heterocycles. The van der Waals surface area contributed by atoms with E-state index in [4.69, 9.17) is 16.3 Å². The van der Waals surface area contributed by atoms with E-state index in [9.17, 15) is 14.4 Å². The van der Waals surface area contributed by atoms with Crippen molar-refractivity contribution in [1.29, 1.82) is 0 Å². The lowest BCUT2D eigenvalue weighted by Crippen LogP contribution is -2.22. The number of nitrogens with one attached hydrogen (secondary N) is 2. The molecule has 32 heavy (non-hydrogen) atoms. The van der Waals surface area contributed by atoms with Crippen molar-refractivity contribution in [3.05, 3.63) is 94.5 Å². The number of Topliss-reactive ketones (excluding diaryl/α,β-unsaturated/α-hetero) is 1. The van der Waals surface area contributed by atoms with E-state index in [0.717, 1.165) is 5.56 Å². The molecule has 3 rings (SSSR count). The van der Waals surface area contributed by atoms with Gasteiger partial charge in [0.2, 0.25) is 5.91 Å². The first-order valence-corrected chi connectivity index (χ1v) is 10.5. The van der Waals surface area contributed by atoms with Crippen molar-refractivity contribution in [2.45, 2.75) is 13.3 Å². The summed E-state index contributed by atoms with van der Waals surface area (Å²) in [6.07, 6.45) is 0.676. The van der Waals surface area contributed by atoms with E-state index < -0.39 is 0 Å². The van der Waals surface area contributed by atoms with Gasteiger partial charge in [-0.3, -0.25) is 14.4 Å². The van der Waals surface area contributed by atoms with Crippen molar-refractivity contribution in [2.24, 2.45) is 0 Å². The van der Waals surface area contributed by atoms with Crippen LogP contribution in [0.25, 0.3) is 0 Å². The summed E-state index contributed by atoms with van der Waals surface area (Å²) in [7, 11) is 0. The fourth-order valence-electron chi connectivity index (χ4n) is 2.99. The summed E-state index contributed by atoms with van der Waals surface area (Å²) < 4.78 is 5.67. The van der Waals surface area contributed by atoms with Crippen molar-refractivity contribution < 1.29 is 19.1 Å². The molecule has 0 bridgehead atoms. The van der Waals surface area contributed by atoms with Crippen molar-refractivity contribution >= 4 is 34.9 Å². The normalized spacial score (nSPS) is 10.3. The van der Waals surface area contributed by atoms with Crippen LogP contribution in [0.3, 0.4) is 0 Å². The smallest absolute Gasteiger partial charge is 0.259 e. The second-order valence-electron chi connectivity index (χ2n) is 7.10. The number of carbonyl (C=O) groups is 3. The third-order valence-electron chi connectivity index (χ3n) is 4.64. The quantitative estimate of drug-likeness (QED) is 0.469. The minimum absolute atomic E-state index is 0.0760. The van der Waals surface area contributed by atoms with E-state index in [2.05, 4.69) is 10.6 Å². The van der Waals surface area contributed by atoms with Gasteiger partial charge in [-0.25, -0.2) is 0 Å². The average molecular weight is 451 g/mol. The highest BCUT2D eigenvalue weighted by atomic mass is 35.5. The van der Waals surface area contributed by atoms with Crippen LogP contribution in [0.1, 0.15) is 33.2 Å². The van der Waals surface area contributed by atoms with Gasteiger partial charge in [0.1, 0.15) is 5.75 Å². The molecular formula is C25H23ClN2O4. The lowest BCUT2D eigenvalue weighted by atomic mass is 10.1. The Bertz CT molecular complexity index is 1100. The van der Waals surface area contributed by atoms with E-state index in [0.29, 0.717) is 29.2 Å². The van der Waals surface area contributed by atoms with Crippen molar-refractivity contribution in [3.63, 3.8) is 0 Å². The number of para-hydroxylation sites is 1. The molecule has 0 heterocycles. The molecule has 2 N–H and O–H groups in total. The molecule has 0 aliphatic heterocycles. The fraction of sp³-hybridized carbons (Fsp3) is 0.160. The van der Waals surface area contributed by atoms with Crippen LogP contribution in [0.2, 0.25) is 5.02 Å². The van der Waals surface area contributed by atoms with Gasteiger partial charge in [0.15, 0.2) is 12.4 Å². The van der Waals surface area contributed by atoms with Crippen LogP contribution >= 0.6 is 11.6 Å². The molecule has 0 atom stereocenters. The van der Waals surface area contributed by atoms with Gasteiger partial charge in [0, 0.05) is 29.7 Å². The summed E-state index contributed by atoms with van der Waals surface area (Å²) in [6.45, 7) is 1.79. The molecule has 6 nitrogen and oxygen atoms in total. The molecule has 0 aromatic heterocycles. The first-order chi connectivity index (χ1) is 15.4. The highest BCUT2D eigenvalue weighted by Crippen LogP contribution is 2.24. The highest BCUT2D eigenvalue weighted by molar-refractivity contribution is 6.31. The van der Waals surface area contributed by atoms with Gasteiger partial charge in [0.05, 0.1) is 5.56 Å². The fourth-order valence-corrected chi connectivity index (χ4v) is 3.16. The Kier molecular flexibility index (Phi) is 8.00. The highest BCUT2D eigenvalue weighted by Gasteiger charge is 2.16. The van der Waals surface area contributed by atoms with Crippen molar-refractivity contribution in [3.8, 4) is 5.75 Å². The maximum absolute atomic E-state index is 12.7. The second kappa shape index (κ2) is 11.1. The molecular weight excluding hydrogens is 428 g/mol. The first kappa shape index (κ1) is 23.0. The van der Waals surface area contributed by atoms with Gasteiger partial charge in [-0.15, -0.1) is 0 Å². The maximum atomic E-state index is 12.7. The Balaban J connectivity index is 1.63. The maximum Gasteiger partial charge on any atom is 0.259 e. The van der Waals surface area contributed by atoms with E-state index in [1.807, 2.05) is 30.3 Å². The lowest BCUT2D eigenvalue weighted by molar-refractivity contribution is -0.118. The summed E-state index contributed by atoms with van der Waals surface area (Å²) in [5, 5.41) is 5.91. The summed E-state index contributed by atoms with van der Waals surface area (Å²) in [5.74, 6) is -0.413. The standard InChI is InChI=1S/C25H23ClN2O4/c1-17(29)27-14-13-18-7-9-19(10-8-18)23(30)16-32-24-12-11-20(26)15-22(24)25(31)28-21-5-3-2-4-6-21/h2-12,15H,13-14,16H2,1H3,(H,27,29)(H,28,31). The third kappa shape index (κ3) is 6.68. The van der Waals surface area contributed by atoms with Gasteiger partial charge in [-0.1, -0.05) is 54.1 Å². The molecule has 2 amide bonds. The number of hydrogen-bond donors (Lipinski definition) is 2. The number of rotatable bonds is 9. The molecule has 0 fully saturated rings. The minimum atomic E-state index is -0.385. The summed E-state index contributed by atoms with van der Waals surface area (Å²) in [6, 6.07) is 20.8. The molecule has 0 aliphatic rings. The molecule has 0 unspecified atom stereocenters. The van der Waals surface area contributed by atoms with Gasteiger partial charge in [-0.05, 0) is 42.3 Å². The summed E-state index contributed by atoms with van der Waals surface area (Å²) in [4.78, 5) is 36.2. The van der Waals surface area contributed by atoms with Gasteiger partial charge in [0.25, 0.3) is 5.91 Å². The Hall–Kier alpha value is -3.64. The Morgan fingerprint density at radius 3 is 2.34 bits per heavy atom. The van der Waals surface area contributed by atoms with Crippen LogP contribution in [0.15, 0.2) is 72.8 Å². The van der Waals surface area contributed by atoms with Gasteiger partial charge < -0.3 is 15.4 Å². The van der Waals surface area contributed by atoms with Crippen LogP contribution in [0, 0.1) is 0 Å². The van der Waals surface area contributed by atoms with Crippen LogP contribution in [-0.4, -0.2) is 30.7 Å². The third-order valence-corrected chi connectivity index (χ3v) is 4.88. The zero-order chi connectivity index (χ0) is 22.9. The van der Waals surface area contributed by atoms with E-state index in [1.165, 1.54) is 13.0 Å². The minimum Gasteiger partial charge on any atom is -0.485 e. The SMILES string of the molecule is CC(=O)NCCc1ccc(C(=O)COc2ccc(Cl)cc2C(=O)Nc2ccccc2)cc1. The molecule has 0 saturated carbocycles. The first-order valence-electron chi connectivity index (χ1n) is 10.1. The molecule has 0 spiro atoms. The Labute approximate surface area is 191 Å². The Morgan fingerprint density at radius 2 is 1.66 bits per heavy atom. The summed E-state index contributed by atoms with van der Waals surface area (Å²) >= 11 is 6.07. The molecule has 0 aliphatic carbocycles. The number of amides is 2. The average Bonchev–Trinajstić information content (AvgIpc) is 2.79. The van der Waals surface area contributed by atoms with Crippen LogP contribution in [0.5, 0.6) is 5.75 Å². The number of benzene rings is 3. The number of carbonyl (C=O) groups excluding carboxylic acids is 3. The summed E-state index contributed by atoms with van der Waals surface area (Å²) in [5.41, 5.74) is 2.38. The van der Waals surface area contributed by atoms with Crippen LogP contribution < -0.4 is 15.4 Å². The van der Waals surface area contributed by atoms with Crippen LogP contribution in [-0.2, 0) is 11.2 Å². The topological polar surface area (TPSA) is 84.5 Å². The largest absolute Gasteiger partial charge is 0.485 e. The zero-order valence-corrected chi connectivity index (χ0v) is 18.3. The van der Waals surface area contributed by atoms with Gasteiger partial charge >= 0.3 is 0 Å². The number of ketones is 1. The van der Waals surface area contributed by atoms with E-state index in [1.54, 1.807) is 36.4 Å². The van der Waals surface area contributed by atoms with Crippen LogP contribution in [0.4, 0.5) is 5.69 Å². The van der Waals surface area contributed by atoms with E-state index in [-0.39, 0.29) is 35.5 Å². The Morgan fingerprint density at radius 1 is 0.938 bits per heavy atom. The van der Waals surface area contributed by atoms with Crippen molar-refractivity contribution in [2.75, 3.05) is 18.5 Å². The molecule has 164 valence electrons. The number of anilines is 1.